The maximum atomic E-state index is 10.0. The maximum Gasteiger partial charge on any atom is 0.222 e. The molecule has 26 heavy (non-hydrogen) atoms. The molecule has 0 saturated carbocycles. The van der Waals surface area contributed by atoms with Gasteiger partial charge in [0.1, 0.15) is 11.6 Å². The van der Waals surface area contributed by atoms with Crippen molar-refractivity contribution in [2.75, 3.05) is 17.6 Å². The van der Waals surface area contributed by atoms with Crippen molar-refractivity contribution >= 4 is 17.5 Å². The highest BCUT2D eigenvalue weighted by atomic mass is 16.3. The van der Waals surface area contributed by atoms with Crippen LogP contribution in [0.5, 0.6) is 5.75 Å². The van der Waals surface area contributed by atoms with Gasteiger partial charge >= 0.3 is 0 Å². The number of hydrogen-bond acceptors (Lipinski definition) is 6. The Morgan fingerprint density at radius 3 is 2.62 bits per heavy atom. The number of para-hydroxylation sites is 2. The minimum atomic E-state index is 0.181. The second-order valence-corrected chi connectivity index (χ2v) is 6.44. The molecule has 0 atom stereocenters. The molecule has 0 spiro atoms. The molecule has 0 aliphatic carbocycles. The summed E-state index contributed by atoms with van der Waals surface area (Å²) in [5.74, 6) is 1.09. The highest BCUT2D eigenvalue weighted by Gasteiger charge is 2.22. The summed E-state index contributed by atoms with van der Waals surface area (Å²) < 4.78 is 0. The van der Waals surface area contributed by atoms with Gasteiger partial charge in [0.2, 0.25) is 5.95 Å². The lowest BCUT2D eigenvalue weighted by molar-refractivity contribution is 0.241. The minimum absolute atomic E-state index is 0.181. The van der Waals surface area contributed by atoms with Crippen LogP contribution in [0.2, 0.25) is 0 Å². The first-order valence-corrected chi connectivity index (χ1v) is 8.65. The predicted molar refractivity (Wildman–Crippen MR) is 102 cm³/mol. The third-order valence-corrected chi connectivity index (χ3v) is 4.57. The van der Waals surface area contributed by atoms with Gasteiger partial charge in [0.15, 0.2) is 0 Å². The molecular formula is C20H21N5O. The molecule has 4 N–H and O–H groups in total. The SMILES string of the molecule is Nc1nc2c(c(Nc3ccccc3O)n1)CCN(Cc1ccccc1)C2. The van der Waals surface area contributed by atoms with Gasteiger partial charge in [-0.2, -0.15) is 4.98 Å². The molecule has 1 aliphatic rings. The lowest BCUT2D eigenvalue weighted by atomic mass is 10.0. The number of nitrogen functional groups attached to an aromatic ring is 1. The van der Waals surface area contributed by atoms with Gasteiger partial charge in [-0.1, -0.05) is 42.5 Å². The third-order valence-electron chi connectivity index (χ3n) is 4.57. The largest absolute Gasteiger partial charge is 0.506 e. The van der Waals surface area contributed by atoms with Gasteiger partial charge in [0, 0.05) is 25.2 Å². The normalized spacial score (nSPS) is 14.0. The van der Waals surface area contributed by atoms with Crippen LogP contribution >= 0.6 is 0 Å². The molecule has 1 aliphatic heterocycles. The van der Waals surface area contributed by atoms with Crippen molar-refractivity contribution in [2.24, 2.45) is 0 Å². The molecule has 0 fully saturated rings. The number of hydrogen-bond donors (Lipinski definition) is 3. The van der Waals surface area contributed by atoms with Crippen molar-refractivity contribution in [3.05, 3.63) is 71.4 Å². The van der Waals surface area contributed by atoms with Gasteiger partial charge < -0.3 is 16.2 Å². The zero-order chi connectivity index (χ0) is 17.9. The summed E-state index contributed by atoms with van der Waals surface area (Å²) in [5, 5.41) is 13.2. The summed E-state index contributed by atoms with van der Waals surface area (Å²) in [7, 11) is 0. The molecule has 0 bridgehead atoms. The van der Waals surface area contributed by atoms with Crippen LogP contribution in [0.1, 0.15) is 16.8 Å². The number of nitrogens with zero attached hydrogens (tertiary/aromatic N) is 3. The zero-order valence-corrected chi connectivity index (χ0v) is 14.4. The number of phenols is 1. The van der Waals surface area contributed by atoms with E-state index in [-0.39, 0.29) is 11.7 Å². The fraction of sp³-hybridized carbons (Fsp3) is 0.200. The van der Waals surface area contributed by atoms with Crippen LogP contribution < -0.4 is 11.1 Å². The molecule has 0 saturated heterocycles. The smallest absolute Gasteiger partial charge is 0.222 e. The number of aromatic nitrogens is 2. The Balaban J connectivity index is 1.58. The maximum absolute atomic E-state index is 10.0. The van der Waals surface area contributed by atoms with Crippen LogP contribution in [0, 0.1) is 0 Å². The van der Waals surface area contributed by atoms with Gasteiger partial charge in [0.05, 0.1) is 11.4 Å². The second kappa shape index (κ2) is 7.01. The number of anilines is 3. The Kier molecular flexibility index (Phi) is 4.41. The van der Waals surface area contributed by atoms with E-state index < -0.39 is 0 Å². The highest BCUT2D eigenvalue weighted by Crippen LogP contribution is 2.30. The van der Waals surface area contributed by atoms with Crippen LogP contribution in [0.4, 0.5) is 17.5 Å². The van der Waals surface area contributed by atoms with Crippen molar-refractivity contribution in [1.29, 1.82) is 0 Å². The average Bonchev–Trinajstić information content (AvgIpc) is 2.64. The number of phenolic OH excluding ortho intramolecular Hbond substituents is 1. The molecule has 2 heterocycles. The monoisotopic (exact) mass is 347 g/mol. The second-order valence-electron chi connectivity index (χ2n) is 6.44. The van der Waals surface area contributed by atoms with E-state index in [0.717, 1.165) is 37.3 Å². The number of fused-ring (bicyclic) bond motifs is 1. The van der Waals surface area contributed by atoms with Gasteiger partial charge in [-0.05, 0) is 24.1 Å². The number of rotatable bonds is 4. The van der Waals surface area contributed by atoms with Crippen molar-refractivity contribution < 1.29 is 5.11 Å². The fourth-order valence-corrected chi connectivity index (χ4v) is 3.29. The minimum Gasteiger partial charge on any atom is -0.506 e. The summed E-state index contributed by atoms with van der Waals surface area (Å²) in [6, 6.07) is 17.5. The molecule has 0 amide bonds. The fourth-order valence-electron chi connectivity index (χ4n) is 3.29. The molecule has 6 nitrogen and oxygen atoms in total. The number of benzene rings is 2. The number of nitrogens with one attached hydrogen (secondary N) is 1. The van der Waals surface area contributed by atoms with E-state index in [0.29, 0.717) is 11.5 Å². The summed E-state index contributed by atoms with van der Waals surface area (Å²) >= 11 is 0. The van der Waals surface area contributed by atoms with Gasteiger partial charge in [-0.15, -0.1) is 0 Å². The van der Waals surface area contributed by atoms with Gasteiger partial charge in [-0.3, -0.25) is 4.90 Å². The molecule has 6 heteroatoms. The Morgan fingerprint density at radius 2 is 1.81 bits per heavy atom. The molecule has 1 aromatic heterocycles. The van der Waals surface area contributed by atoms with Crippen molar-refractivity contribution in [3.63, 3.8) is 0 Å². The topological polar surface area (TPSA) is 87.3 Å². The van der Waals surface area contributed by atoms with Crippen molar-refractivity contribution in [1.82, 2.24) is 14.9 Å². The summed E-state index contributed by atoms with van der Waals surface area (Å²) in [6.45, 7) is 2.53. The van der Waals surface area contributed by atoms with E-state index in [1.807, 2.05) is 18.2 Å². The van der Waals surface area contributed by atoms with Crippen LogP contribution in [0.15, 0.2) is 54.6 Å². The Hall–Kier alpha value is -3.12. The van der Waals surface area contributed by atoms with Gasteiger partial charge in [0.25, 0.3) is 0 Å². The quantitative estimate of drug-likeness (QED) is 0.629. The number of aromatic hydroxyl groups is 1. The summed E-state index contributed by atoms with van der Waals surface area (Å²) in [6.07, 6.45) is 0.832. The molecule has 0 unspecified atom stereocenters. The van der Waals surface area contributed by atoms with E-state index in [1.54, 1.807) is 12.1 Å². The third kappa shape index (κ3) is 3.45. The molecular weight excluding hydrogens is 326 g/mol. The van der Waals surface area contributed by atoms with E-state index >= 15 is 0 Å². The lowest BCUT2D eigenvalue weighted by Gasteiger charge is -2.29. The van der Waals surface area contributed by atoms with Gasteiger partial charge in [-0.25, -0.2) is 4.98 Å². The molecule has 0 radical (unpaired) electrons. The summed E-state index contributed by atoms with van der Waals surface area (Å²) in [5.41, 5.74) is 9.83. The molecule has 3 aromatic rings. The van der Waals surface area contributed by atoms with Crippen LogP contribution in [-0.2, 0) is 19.5 Å². The first-order valence-electron chi connectivity index (χ1n) is 8.65. The first-order chi connectivity index (χ1) is 12.7. The van der Waals surface area contributed by atoms with E-state index in [1.165, 1.54) is 5.56 Å². The average molecular weight is 347 g/mol. The Bertz CT molecular complexity index is 913. The Labute approximate surface area is 152 Å². The molecule has 132 valence electrons. The Morgan fingerprint density at radius 1 is 1.04 bits per heavy atom. The van der Waals surface area contributed by atoms with E-state index in [4.69, 9.17) is 5.73 Å². The van der Waals surface area contributed by atoms with Crippen molar-refractivity contribution in [3.8, 4) is 5.75 Å². The van der Waals surface area contributed by atoms with E-state index in [9.17, 15) is 5.11 Å². The van der Waals surface area contributed by atoms with Crippen LogP contribution in [0.3, 0.4) is 0 Å². The van der Waals surface area contributed by atoms with Crippen LogP contribution in [-0.4, -0.2) is 26.5 Å². The number of nitrogens with two attached hydrogens (primary N) is 1. The summed E-state index contributed by atoms with van der Waals surface area (Å²) in [4.78, 5) is 11.2. The first kappa shape index (κ1) is 16.4. The van der Waals surface area contributed by atoms with Crippen molar-refractivity contribution in [2.45, 2.75) is 19.5 Å². The molecule has 4 rings (SSSR count). The standard InChI is InChI=1S/C20H21N5O/c21-20-23-17-13-25(12-14-6-2-1-3-7-14)11-10-15(17)19(24-20)22-16-8-4-5-9-18(16)26/h1-9,26H,10-13H2,(H3,21,22,23,24). The molecule has 2 aromatic carbocycles. The predicted octanol–water partition coefficient (Wildman–Crippen LogP) is 3.07. The van der Waals surface area contributed by atoms with E-state index in [2.05, 4.69) is 44.5 Å². The zero-order valence-electron chi connectivity index (χ0n) is 14.4. The highest BCUT2D eigenvalue weighted by molar-refractivity contribution is 5.66. The van der Waals surface area contributed by atoms with Crippen LogP contribution in [0.25, 0.3) is 0 Å². The lowest BCUT2D eigenvalue weighted by Crippen LogP contribution is -2.31.